The molecule has 3 rings (SSSR count). The van der Waals surface area contributed by atoms with E-state index in [9.17, 15) is 4.79 Å². The molecule has 2 aliphatic rings. The number of carbonyl (C=O) groups is 1. The van der Waals surface area contributed by atoms with Crippen LogP contribution in [-0.2, 0) is 4.79 Å². The van der Waals surface area contributed by atoms with Gasteiger partial charge in [-0.1, -0.05) is 15.9 Å². The first-order valence-electron chi connectivity index (χ1n) is 6.28. The molecule has 1 aromatic carbocycles. The summed E-state index contributed by atoms with van der Waals surface area (Å²) in [5.74, 6) is 0.168. The zero-order chi connectivity index (χ0) is 12.7. The van der Waals surface area contributed by atoms with Crippen LogP contribution in [0, 0.1) is 0 Å². The molecule has 1 N–H and O–H groups in total. The summed E-state index contributed by atoms with van der Waals surface area (Å²) in [7, 11) is 0. The molecule has 96 valence electrons. The van der Waals surface area contributed by atoms with Gasteiger partial charge in [0.2, 0.25) is 5.91 Å². The molecule has 0 spiro atoms. The summed E-state index contributed by atoms with van der Waals surface area (Å²) in [4.78, 5) is 16.4. The molecule has 1 aromatic rings. The molecule has 1 amide bonds. The van der Waals surface area contributed by atoms with E-state index in [2.05, 4.69) is 39.1 Å². The minimum Gasteiger partial charge on any atom is -0.368 e. The van der Waals surface area contributed by atoms with E-state index >= 15 is 0 Å². The molecular formula is C13H16BrN3O. The molecule has 4 nitrogen and oxygen atoms in total. The van der Waals surface area contributed by atoms with Gasteiger partial charge < -0.3 is 15.1 Å². The van der Waals surface area contributed by atoms with Crippen molar-refractivity contribution in [1.29, 1.82) is 0 Å². The van der Waals surface area contributed by atoms with Gasteiger partial charge >= 0.3 is 0 Å². The molecule has 0 bridgehead atoms. The summed E-state index contributed by atoms with van der Waals surface area (Å²) < 4.78 is 1.02. The largest absolute Gasteiger partial charge is 0.368 e. The van der Waals surface area contributed by atoms with Crippen LogP contribution in [0.2, 0.25) is 0 Å². The SMILES string of the molecule is CCN1CC2CNCC(=O)N2c2cc(Br)ccc21. The minimum absolute atomic E-state index is 0.168. The fraction of sp³-hybridized carbons (Fsp3) is 0.462. The molecule has 5 heteroatoms. The highest BCUT2D eigenvalue weighted by molar-refractivity contribution is 9.10. The van der Waals surface area contributed by atoms with Crippen LogP contribution >= 0.6 is 15.9 Å². The van der Waals surface area contributed by atoms with Gasteiger partial charge in [0, 0.05) is 24.1 Å². The molecular weight excluding hydrogens is 294 g/mol. The van der Waals surface area contributed by atoms with Crippen molar-refractivity contribution in [2.24, 2.45) is 0 Å². The fourth-order valence-corrected chi connectivity index (χ4v) is 3.16. The number of nitrogens with one attached hydrogen (secondary N) is 1. The lowest BCUT2D eigenvalue weighted by molar-refractivity contribution is -0.119. The van der Waals surface area contributed by atoms with Crippen molar-refractivity contribution in [1.82, 2.24) is 5.32 Å². The van der Waals surface area contributed by atoms with Crippen LogP contribution in [0.1, 0.15) is 6.92 Å². The van der Waals surface area contributed by atoms with Gasteiger partial charge in [0.05, 0.1) is 24.0 Å². The Morgan fingerprint density at radius 3 is 3.06 bits per heavy atom. The smallest absolute Gasteiger partial charge is 0.241 e. The minimum atomic E-state index is 0.168. The first kappa shape index (κ1) is 12.0. The van der Waals surface area contributed by atoms with Crippen LogP contribution in [0.5, 0.6) is 0 Å². The van der Waals surface area contributed by atoms with E-state index in [1.165, 1.54) is 0 Å². The number of hydrogen-bond donors (Lipinski definition) is 1. The summed E-state index contributed by atoms with van der Waals surface area (Å²) in [5, 5.41) is 3.19. The highest BCUT2D eigenvalue weighted by Crippen LogP contribution is 2.38. The Morgan fingerprint density at radius 2 is 2.28 bits per heavy atom. The number of nitrogens with zero attached hydrogens (tertiary/aromatic N) is 2. The van der Waals surface area contributed by atoms with Gasteiger partial charge in [0.25, 0.3) is 0 Å². The Kier molecular flexibility index (Phi) is 3.03. The number of benzene rings is 1. The third-order valence-corrected chi connectivity index (χ3v) is 4.13. The molecule has 1 fully saturated rings. The van der Waals surface area contributed by atoms with E-state index in [4.69, 9.17) is 0 Å². The highest BCUT2D eigenvalue weighted by atomic mass is 79.9. The van der Waals surface area contributed by atoms with Gasteiger partial charge in [0.1, 0.15) is 0 Å². The number of anilines is 2. The number of fused-ring (bicyclic) bond motifs is 3. The van der Waals surface area contributed by atoms with E-state index in [1.54, 1.807) is 0 Å². The lowest BCUT2D eigenvalue weighted by Crippen LogP contribution is -2.61. The number of likely N-dealkylation sites (N-methyl/N-ethyl adjacent to an activating group) is 1. The van der Waals surface area contributed by atoms with Crippen molar-refractivity contribution in [2.75, 3.05) is 36.0 Å². The second-order valence-electron chi connectivity index (χ2n) is 4.72. The maximum Gasteiger partial charge on any atom is 0.241 e. The van der Waals surface area contributed by atoms with E-state index in [1.807, 2.05) is 17.0 Å². The van der Waals surface area contributed by atoms with Crippen LogP contribution in [-0.4, -0.2) is 38.1 Å². The Morgan fingerprint density at radius 1 is 1.44 bits per heavy atom. The van der Waals surface area contributed by atoms with Crippen molar-refractivity contribution in [3.8, 4) is 0 Å². The number of amides is 1. The normalized spacial score (nSPS) is 22.8. The summed E-state index contributed by atoms with van der Waals surface area (Å²) >= 11 is 3.50. The van der Waals surface area contributed by atoms with E-state index in [0.717, 1.165) is 35.5 Å². The molecule has 0 saturated carbocycles. The van der Waals surface area contributed by atoms with Crippen molar-refractivity contribution in [2.45, 2.75) is 13.0 Å². The number of carbonyl (C=O) groups excluding carboxylic acids is 1. The van der Waals surface area contributed by atoms with Crippen LogP contribution in [0.4, 0.5) is 11.4 Å². The van der Waals surface area contributed by atoms with Crippen molar-refractivity contribution < 1.29 is 4.79 Å². The van der Waals surface area contributed by atoms with Crippen LogP contribution < -0.4 is 15.1 Å². The fourth-order valence-electron chi connectivity index (χ4n) is 2.81. The first-order chi connectivity index (χ1) is 8.70. The second kappa shape index (κ2) is 4.55. The maximum atomic E-state index is 12.1. The predicted molar refractivity (Wildman–Crippen MR) is 76.2 cm³/mol. The Labute approximate surface area is 115 Å². The zero-order valence-corrected chi connectivity index (χ0v) is 11.9. The van der Waals surface area contributed by atoms with Gasteiger partial charge in [-0.3, -0.25) is 4.79 Å². The summed E-state index contributed by atoms with van der Waals surface area (Å²) in [6.07, 6.45) is 0. The highest BCUT2D eigenvalue weighted by Gasteiger charge is 2.36. The number of piperazine rings is 1. The average molecular weight is 310 g/mol. The van der Waals surface area contributed by atoms with Gasteiger partial charge in [0.15, 0.2) is 0 Å². The Bertz CT molecular complexity index is 491. The Balaban J connectivity index is 2.10. The molecule has 18 heavy (non-hydrogen) atoms. The van der Waals surface area contributed by atoms with Crippen LogP contribution in [0.3, 0.4) is 0 Å². The quantitative estimate of drug-likeness (QED) is 0.856. The van der Waals surface area contributed by atoms with E-state index < -0.39 is 0 Å². The third kappa shape index (κ3) is 1.82. The summed E-state index contributed by atoms with van der Waals surface area (Å²) in [6, 6.07) is 6.42. The standard InChI is InChI=1S/C13H16BrN3O/c1-2-16-8-10-6-15-7-13(18)17(10)12-5-9(14)3-4-11(12)16/h3-5,10,15H,2,6-8H2,1H3. The molecule has 1 atom stereocenters. The second-order valence-corrected chi connectivity index (χ2v) is 5.64. The van der Waals surface area contributed by atoms with E-state index in [0.29, 0.717) is 6.54 Å². The van der Waals surface area contributed by atoms with Crippen LogP contribution in [0.25, 0.3) is 0 Å². The van der Waals surface area contributed by atoms with Gasteiger partial charge in [-0.25, -0.2) is 0 Å². The lowest BCUT2D eigenvalue weighted by atomic mass is 10.0. The van der Waals surface area contributed by atoms with Gasteiger partial charge in [-0.2, -0.15) is 0 Å². The molecule has 0 aromatic heterocycles. The number of halogens is 1. The summed E-state index contributed by atoms with van der Waals surface area (Å²) in [5.41, 5.74) is 2.20. The molecule has 0 radical (unpaired) electrons. The molecule has 0 aliphatic carbocycles. The topological polar surface area (TPSA) is 35.6 Å². The van der Waals surface area contributed by atoms with Gasteiger partial charge in [-0.05, 0) is 25.1 Å². The zero-order valence-electron chi connectivity index (χ0n) is 10.3. The molecule has 2 heterocycles. The first-order valence-corrected chi connectivity index (χ1v) is 7.07. The van der Waals surface area contributed by atoms with Gasteiger partial charge in [-0.15, -0.1) is 0 Å². The maximum absolute atomic E-state index is 12.1. The Hall–Kier alpha value is -1.07. The molecule has 2 aliphatic heterocycles. The number of hydrogen-bond acceptors (Lipinski definition) is 3. The predicted octanol–water partition coefficient (Wildman–Crippen LogP) is 1.59. The monoisotopic (exact) mass is 309 g/mol. The molecule has 1 unspecified atom stereocenters. The third-order valence-electron chi connectivity index (χ3n) is 3.64. The van der Waals surface area contributed by atoms with Crippen molar-refractivity contribution in [3.63, 3.8) is 0 Å². The number of rotatable bonds is 1. The lowest BCUT2D eigenvalue weighted by Gasteiger charge is -2.45. The van der Waals surface area contributed by atoms with Crippen molar-refractivity contribution in [3.05, 3.63) is 22.7 Å². The van der Waals surface area contributed by atoms with Crippen molar-refractivity contribution >= 4 is 33.2 Å². The van der Waals surface area contributed by atoms with E-state index in [-0.39, 0.29) is 11.9 Å². The molecule has 1 saturated heterocycles. The van der Waals surface area contributed by atoms with Crippen LogP contribution in [0.15, 0.2) is 22.7 Å². The average Bonchev–Trinajstić information content (AvgIpc) is 2.37. The summed E-state index contributed by atoms with van der Waals surface area (Å²) in [6.45, 7) is 5.33.